The molecule has 11 heteroatoms. The van der Waals surface area contributed by atoms with Gasteiger partial charge in [-0.3, -0.25) is 24.0 Å². The third-order valence-electron chi connectivity index (χ3n) is 3.35. The highest BCUT2D eigenvalue weighted by Gasteiger charge is 2.51. The van der Waals surface area contributed by atoms with Crippen LogP contribution >= 0.6 is 11.8 Å². The molecule has 152 valence electrons. The van der Waals surface area contributed by atoms with Crippen molar-refractivity contribution in [1.82, 2.24) is 5.32 Å². The van der Waals surface area contributed by atoms with Crippen LogP contribution in [0.15, 0.2) is 0 Å². The lowest BCUT2D eigenvalue weighted by Crippen LogP contribution is -2.66. The molecule has 0 unspecified atom stereocenters. The lowest BCUT2D eigenvalue weighted by Gasteiger charge is -2.44. The van der Waals surface area contributed by atoms with Crippen molar-refractivity contribution in [3.05, 3.63) is 0 Å². The fraction of sp³-hybridized carbons (Fsp3) is 0.688. The van der Waals surface area contributed by atoms with E-state index in [1.54, 1.807) is 0 Å². The molecule has 1 amide bonds. The number of hydrogen-bond acceptors (Lipinski definition) is 10. The first-order valence-electron chi connectivity index (χ1n) is 8.08. The largest absolute Gasteiger partial charge is 0.456 e. The Morgan fingerprint density at radius 1 is 0.852 bits per heavy atom. The number of carbonyl (C=O) groups excluding carboxylic acids is 5. The van der Waals surface area contributed by atoms with Crippen molar-refractivity contribution in [3.8, 4) is 0 Å². The minimum Gasteiger partial charge on any atom is -0.456 e. The summed E-state index contributed by atoms with van der Waals surface area (Å²) in [5.74, 6) is -2.52. The molecule has 1 N–H and O–H groups in total. The fourth-order valence-corrected chi connectivity index (χ4v) is 3.22. The second-order valence-corrected chi connectivity index (χ2v) is 7.03. The number of esters is 3. The third kappa shape index (κ3) is 7.55. The minimum atomic E-state index is -1.31. The Morgan fingerprint density at radius 2 is 1.37 bits per heavy atom. The van der Waals surface area contributed by atoms with Crippen LogP contribution in [0.3, 0.4) is 0 Å². The van der Waals surface area contributed by atoms with Gasteiger partial charge in [-0.05, 0) is 0 Å². The molecule has 0 aromatic heterocycles. The lowest BCUT2D eigenvalue weighted by molar-refractivity contribution is -0.260. The number of amides is 1. The van der Waals surface area contributed by atoms with E-state index in [4.69, 9.17) is 18.9 Å². The average Bonchev–Trinajstić information content (AvgIpc) is 2.49. The maximum Gasteiger partial charge on any atom is 0.305 e. The summed E-state index contributed by atoms with van der Waals surface area (Å²) in [6.07, 6.45) is -4.55. The van der Waals surface area contributed by atoms with Gasteiger partial charge in [0.15, 0.2) is 17.3 Å². The Hall–Kier alpha value is -2.14. The van der Waals surface area contributed by atoms with E-state index in [1.807, 2.05) is 0 Å². The molecule has 1 rings (SSSR count). The van der Waals surface area contributed by atoms with Gasteiger partial charge >= 0.3 is 17.9 Å². The molecule has 5 atom stereocenters. The smallest absolute Gasteiger partial charge is 0.305 e. The Labute approximate surface area is 160 Å². The van der Waals surface area contributed by atoms with Gasteiger partial charge in [-0.1, -0.05) is 11.8 Å². The summed E-state index contributed by atoms with van der Waals surface area (Å²) in [6.45, 7) is 6.01. The van der Waals surface area contributed by atoms with Gasteiger partial charge in [-0.15, -0.1) is 0 Å². The van der Waals surface area contributed by atoms with E-state index in [-0.39, 0.29) is 10.9 Å². The van der Waals surface area contributed by atoms with Crippen LogP contribution in [0.4, 0.5) is 0 Å². The van der Waals surface area contributed by atoms with Crippen LogP contribution in [-0.4, -0.2) is 65.3 Å². The molecule has 1 fully saturated rings. The van der Waals surface area contributed by atoms with E-state index in [9.17, 15) is 24.0 Å². The monoisotopic (exact) mass is 405 g/mol. The van der Waals surface area contributed by atoms with Gasteiger partial charge in [0, 0.05) is 40.4 Å². The van der Waals surface area contributed by atoms with Crippen molar-refractivity contribution in [3.63, 3.8) is 0 Å². The summed E-state index contributed by atoms with van der Waals surface area (Å²) in [6, 6.07) is -1.11. The van der Waals surface area contributed by atoms with E-state index in [1.165, 1.54) is 13.8 Å². The number of thioether (sulfide) groups is 1. The maximum absolute atomic E-state index is 11.6. The molecule has 0 saturated carbocycles. The molecule has 10 nitrogen and oxygen atoms in total. The molecule has 0 spiro atoms. The first-order chi connectivity index (χ1) is 12.5. The van der Waals surface area contributed by atoms with E-state index in [2.05, 4.69) is 5.32 Å². The lowest BCUT2D eigenvalue weighted by atomic mass is 9.96. The van der Waals surface area contributed by atoms with Crippen molar-refractivity contribution in [1.29, 1.82) is 0 Å². The van der Waals surface area contributed by atoms with Gasteiger partial charge in [0.1, 0.15) is 12.1 Å². The van der Waals surface area contributed by atoms with Gasteiger partial charge in [-0.2, -0.15) is 0 Å². The van der Waals surface area contributed by atoms with Crippen molar-refractivity contribution >= 4 is 40.7 Å². The number of hydrogen-bond donors (Lipinski definition) is 1. The van der Waals surface area contributed by atoms with Gasteiger partial charge in [-0.25, -0.2) is 0 Å². The van der Waals surface area contributed by atoms with Crippen LogP contribution in [0.25, 0.3) is 0 Å². The topological polar surface area (TPSA) is 134 Å². The molecule has 27 heavy (non-hydrogen) atoms. The minimum absolute atomic E-state index is 0.0512. The molecule has 1 saturated heterocycles. The van der Waals surface area contributed by atoms with Crippen molar-refractivity contribution < 1.29 is 42.9 Å². The second-order valence-electron chi connectivity index (χ2n) is 5.83. The van der Waals surface area contributed by atoms with Crippen molar-refractivity contribution in [2.45, 2.75) is 65.3 Å². The molecular formula is C16H23NO9S. The molecule has 1 heterocycles. The molecule has 0 aromatic rings. The predicted octanol–water partition coefficient (Wildman–Crippen LogP) is -0.0778. The zero-order chi connectivity index (χ0) is 20.7. The van der Waals surface area contributed by atoms with Crippen molar-refractivity contribution in [2.75, 3.05) is 5.75 Å². The second kappa shape index (κ2) is 10.3. The average molecular weight is 405 g/mol. The van der Waals surface area contributed by atoms with Crippen LogP contribution in [0, 0.1) is 0 Å². The Bertz CT molecular complexity index is 609. The molecule has 0 bridgehead atoms. The molecule has 0 radical (unpaired) electrons. The Balaban J connectivity index is 3.29. The standard InChI is InChI=1S/C16H23NO9S/c1-7(18)17-13-15(24-9(3)20)14(23-8(2)19)12(6-27-11(5)22)26-16(13)25-10(4)21/h12-16H,6H2,1-5H3,(H,17,18)/t12-,13-,14-,15-,16-/m1/s1. The Morgan fingerprint density at radius 3 is 1.81 bits per heavy atom. The van der Waals surface area contributed by atoms with Crippen LogP contribution in [0.2, 0.25) is 0 Å². The normalized spacial score (nSPS) is 27.2. The van der Waals surface area contributed by atoms with Gasteiger partial charge in [0.2, 0.25) is 12.2 Å². The van der Waals surface area contributed by atoms with E-state index < -0.39 is 54.5 Å². The van der Waals surface area contributed by atoms with Crippen LogP contribution in [0.5, 0.6) is 0 Å². The summed E-state index contributed by atoms with van der Waals surface area (Å²) >= 11 is 0.902. The fourth-order valence-electron chi connectivity index (χ4n) is 2.55. The molecule has 0 aromatic carbocycles. The summed E-state index contributed by atoms with van der Waals surface area (Å²) in [4.78, 5) is 57.5. The molecule has 1 aliphatic rings. The third-order valence-corrected chi connectivity index (χ3v) is 4.26. The van der Waals surface area contributed by atoms with Gasteiger partial charge in [0.25, 0.3) is 0 Å². The number of ether oxygens (including phenoxy) is 4. The summed E-state index contributed by atoms with van der Waals surface area (Å²) < 4.78 is 21.3. The first kappa shape index (κ1) is 22.9. The Kier molecular flexibility index (Phi) is 8.70. The van der Waals surface area contributed by atoms with E-state index >= 15 is 0 Å². The molecule has 0 aliphatic carbocycles. The highest BCUT2D eigenvalue weighted by Crippen LogP contribution is 2.29. The SMILES string of the molecule is CC(=O)N[C@H]1[C@H](OC(C)=O)O[C@H](CSC(C)=O)[C@@H](OC(C)=O)[C@@H]1OC(C)=O. The van der Waals surface area contributed by atoms with E-state index in [0.29, 0.717) is 0 Å². The summed E-state index contributed by atoms with van der Waals surface area (Å²) in [5.41, 5.74) is 0. The first-order valence-corrected chi connectivity index (χ1v) is 9.07. The van der Waals surface area contributed by atoms with Gasteiger partial charge < -0.3 is 24.3 Å². The van der Waals surface area contributed by atoms with Crippen molar-refractivity contribution in [2.24, 2.45) is 0 Å². The number of rotatable bonds is 6. The highest BCUT2D eigenvalue weighted by molar-refractivity contribution is 8.13. The summed E-state index contributed by atoms with van der Waals surface area (Å²) in [7, 11) is 0. The zero-order valence-corrected chi connectivity index (χ0v) is 16.5. The van der Waals surface area contributed by atoms with Crippen LogP contribution < -0.4 is 5.32 Å². The zero-order valence-electron chi connectivity index (χ0n) is 15.7. The highest BCUT2D eigenvalue weighted by atomic mass is 32.2. The quantitative estimate of drug-likeness (QED) is 0.472. The molecule has 1 aliphatic heterocycles. The van der Waals surface area contributed by atoms with E-state index in [0.717, 1.165) is 32.5 Å². The van der Waals surface area contributed by atoms with Gasteiger partial charge in [0.05, 0.1) is 0 Å². The molecular weight excluding hydrogens is 382 g/mol. The van der Waals surface area contributed by atoms with Crippen LogP contribution in [-0.2, 0) is 42.9 Å². The number of carbonyl (C=O) groups is 5. The number of nitrogens with one attached hydrogen (secondary N) is 1. The summed E-state index contributed by atoms with van der Waals surface area (Å²) in [5, 5.41) is 2.29. The predicted molar refractivity (Wildman–Crippen MR) is 92.3 cm³/mol. The van der Waals surface area contributed by atoms with Crippen LogP contribution in [0.1, 0.15) is 34.6 Å². The maximum atomic E-state index is 11.6.